The highest BCUT2D eigenvalue weighted by Crippen LogP contribution is 2.21. The number of ether oxygens (including phenoxy) is 1. The van der Waals surface area contributed by atoms with E-state index in [0.29, 0.717) is 16.3 Å². The van der Waals surface area contributed by atoms with Crippen molar-refractivity contribution in [3.8, 4) is 5.75 Å². The molecule has 0 heterocycles. The van der Waals surface area contributed by atoms with E-state index in [1.165, 1.54) is 24.3 Å². The number of benzene rings is 2. The number of halogens is 1. The molecule has 0 saturated heterocycles. The fourth-order valence-electron chi connectivity index (χ4n) is 1.74. The number of rotatable bonds is 4. The average Bonchev–Trinajstić information content (AvgIpc) is 2.49. The van der Waals surface area contributed by atoms with E-state index in [4.69, 9.17) is 16.3 Å². The molecule has 2 aromatic rings. The van der Waals surface area contributed by atoms with Crippen molar-refractivity contribution in [2.45, 2.75) is 6.92 Å². The van der Waals surface area contributed by atoms with Gasteiger partial charge in [0.05, 0.1) is 4.92 Å². The largest absolute Gasteiger partial charge is 0.423 e. The monoisotopic (exact) mass is 317 g/mol. The summed E-state index contributed by atoms with van der Waals surface area (Å²) in [6.07, 6.45) is 2.67. The van der Waals surface area contributed by atoms with E-state index in [9.17, 15) is 14.9 Å². The molecule has 0 fully saturated rings. The highest BCUT2D eigenvalue weighted by Gasteiger charge is 2.05. The first-order valence-electron chi connectivity index (χ1n) is 6.36. The molecule has 0 N–H and O–H groups in total. The summed E-state index contributed by atoms with van der Waals surface area (Å²) in [4.78, 5) is 21.9. The first-order valence-corrected chi connectivity index (χ1v) is 6.74. The molecule has 0 spiro atoms. The molecule has 0 radical (unpaired) electrons. The molecule has 6 heteroatoms. The van der Waals surface area contributed by atoms with Crippen molar-refractivity contribution in [3.63, 3.8) is 0 Å². The minimum absolute atomic E-state index is 0.0381. The zero-order valence-corrected chi connectivity index (χ0v) is 12.4. The molecule has 0 amide bonds. The lowest BCUT2D eigenvalue weighted by atomic mass is 10.2. The first-order chi connectivity index (χ1) is 10.5. The van der Waals surface area contributed by atoms with Crippen molar-refractivity contribution in [1.82, 2.24) is 0 Å². The summed E-state index contributed by atoms with van der Waals surface area (Å²) in [6.45, 7) is 1.80. The molecule has 0 unspecified atom stereocenters. The first kappa shape index (κ1) is 15.7. The van der Waals surface area contributed by atoms with E-state index in [1.54, 1.807) is 37.3 Å². The Balaban J connectivity index is 2.06. The fourth-order valence-corrected chi connectivity index (χ4v) is 1.85. The van der Waals surface area contributed by atoms with E-state index in [0.717, 1.165) is 5.56 Å². The summed E-state index contributed by atoms with van der Waals surface area (Å²) in [5.41, 5.74) is 1.30. The molecule has 0 atom stereocenters. The molecule has 2 aromatic carbocycles. The van der Waals surface area contributed by atoms with E-state index < -0.39 is 10.9 Å². The van der Waals surface area contributed by atoms with Crippen LogP contribution in [0.3, 0.4) is 0 Å². The third kappa shape index (κ3) is 4.17. The van der Waals surface area contributed by atoms with Gasteiger partial charge in [-0.1, -0.05) is 23.7 Å². The molecular formula is C16H12ClNO4. The fraction of sp³-hybridized carbons (Fsp3) is 0.0625. The number of non-ortho nitro benzene ring substituents is 1. The Kier molecular flexibility index (Phi) is 4.91. The van der Waals surface area contributed by atoms with Crippen molar-refractivity contribution in [2.24, 2.45) is 0 Å². The number of esters is 1. The van der Waals surface area contributed by atoms with Gasteiger partial charge in [0, 0.05) is 23.2 Å². The maximum atomic E-state index is 11.7. The molecule has 0 aliphatic carbocycles. The van der Waals surface area contributed by atoms with Gasteiger partial charge in [0.1, 0.15) is 5.75 Å². The Bertz CT molecular complexity index is 756. The topological polar surface area (TPSA) is 69.4 Å². The van der Waals surface area contributed by atoms with E-state index in [-0.39, 0.29) is 5.69 Å². The maximum absolute atomic E-state index is 11.7. The van der Waals surface area contributed by atoms with Crippen LogP contribution in [0.2, 0.25) is 5.02 Å². The highest BCUT2D eigenvalue weighted by atomic mass is 35.5. The second-order valence-corrected chi connectivity index (χ2v) is 4.92. The van der Waals surface area contributed by atoms with E-state index in [1.807, 2.05) is 0 Å². The molecule has 0 bridgehead atoms. The molecule has 0 saturated carbocycles. The van der Waals surface area contributed by atoms with Gasteiger partial charge in [-0.15, -0.1) is 0 Å². The predicted molar refractivity (Wildman–Crippen MR) is 84.0 cm³/mol. The smallest absolute Gasteiger partial charge is 0.336 e. The molecule has 2 rings (SSSR count). The van der Waals surface area contributed by atoms with Gasteiger partial charge in [0.25, 0.3) is 5.69 Å². The molecule has 0 aliphatic rings. The quantitative estimate of drug-likeness (QED) is 0.279. The summed E-state index contributed by atoms with van der Waals surface area (Å²) in [5.74, 6) is -0.191. The number of nitro benzene ring substituents is 1. The van der Waals surface area contributed by atoms with Gasteiger partial charge in [0.15, 0.2) is 0 Å². The summed E-state index contributed by atoms with van der Waals surface area (Å²) < 4.78 is 5.13. The molecule has 22 heavy (non-hydrogen) atoms. The molecule has 112 valence electrons. The van der Waals surface area contributed by atoms with Gasteiger partial charge in [-0.05, 0) is 42.3 Å². The zero-order chi connectivity index (χ0) is 16.1. The van der Waals surface area contributed by atoms with Gasteiger partial charge in [0.2, 0.25) is 0 Å². The van der Waals surface area contributed by atoms with Crippen LogP contribution in [0.1, 0.15) is 11.1 Å². The van der Waals surface area contributed by atoms with Crippen LogP contribution in [-0.2, 0) is 4.79 Å². The number of nitro groups is 1. The van der Waals surface area contributed by atoms with Gasteiger partial charge in [-0.3, -0.25) is 10.1 Å². The van der Waals surface area contributed by atoms with Crippen LogP contribution >= 0.6 is 11.6 Å². The van der Waals surface area contributed by atoms with Crippen LogP contribution < -0.4 is 4.74 Å². The van der Waals surface area contributed by atoms with Crippen LogP contribution in [0.4, 0.5) is 5.69 Å². The zero-order valence-electron chi connectivity index (χ0n) is 11.7. The number of nitrogens with zero attached hydrogens (tertiary/aromatic N) is 1. The summed E-state index contributed by atoms with van der Waals surface area (Å²) in [5, 5.41) is 11.3. The normalized spacial score (nSPS) is 10.6. The number of aryl methyl sites for hydroxylation is 1. The SMILES string of the molecule is Cc1cc(OC(=O)/C=C/c2cccc([N+](=O)[O-])c2)ccc1Cl. The lowest BCUT2D eigenvalue weighted by Crippen LogP contribution is -2.03. The van der Waals surface area contributed by atoms with Gasteiger partial charge in [-0.25, -0.2) is 4.79 Å². The lowest BCUT2D eigenvalue weighted by Gasteiger charge is -2.03. The number of hydrogen-bond acceptors (Lipinski definition) is 4. The number of hydrogen-bond donors (Lipinski definition) is 0. The maximum Gasteiger partial charge on any atom is 0.336 e. The Morgan fingerprint density at radius 2 is 2.05 bits per heavy atom. The van der Waals surface area contributed by atoms with Crippen LogP contribution in [0.25, 0.3) is 6.08 Å². The van der Waals surface area contributed by atoms with E-state index >= 15 is 0 Å². The summed E-state index contributed by atoms with van der Waals surface area (Å²) in [6, 6.07) is 10.8. The van der Waals surface area contributed by atoms with Crippen molar-refractivity contribution in [1.29, 1.82) is 0 Å². The minimum atomic E-state index is -0.576. The van der Waals surface area contributed by atoms with Crippen molar-refractivity contribution in [2.75, 3.05) is 0 Å². The van der Waals surface area contributed by atoms with Crippen LogP contribution in [0, 0.1) is 17.0 Å². The van der Waals surface area contributed by atoms with E-state index in [2.05, 4.69) is 0 Å². The Morgan fingerprint density at radius 1 is 1.27 bits per heavy atom. The van der Waals surface area contributed by atoms with Crippen molar-refractivity contribution in [3.05, 3.63) is 74.8 Å². The van der Waals surface area contributed by atoms with Gasteiger partial charge >= 0.3 is 5.97 Å². The van der Waals surface area contributed by atoms with Crippen molar-refractivity contribution >= 4 is 29.3 Å². The van der Waals surface area contributed by atoms with Gasteiger partial charge in [-0.2, -0.15) is 0 Å². The standard InChI is InChI=1S/C16H12ClNO4/c1-11-9-14(6-7-15(11)17)22-16(19)8-5-12-3-2-4-13(10-12)18(20)21/h2-10H,1H3/b8-5+. The third-order valence-electron chi connectivity index (χ3n) is 2.84. The van der Waals surface area contributed by atoms with Crippen LogP contribution in [0.5, 0.6) is 5.75 Å². The predicted octanol–water partition coefficient (Wildman–Crippen LogP) is 4.18. The number of carbonyl (C=O) groups is 1. The molecule has 5 nitrogen and oxygen atoms in total. The van der Waals surface area contributed by atoms with Crippen molar-refractivity contribution < 1.29 is 14.5 Å². The van der Waals surface area contributed by atoms with Crippen LogP contribution in [-0.4, -0.2) is 10.9 Å². The highest BCUT2D eigenvalue weighted by molar-refractivity contribution is 6.31. The minimum Gasteiger partial charge on any atom is -0.423 e. The summed E-state index contributed by atoms with van der Waals surface area (Å²) >= 11 is 5.89. The van der Waals surface area contributed by atoms with Gasteiger partial charge < -0.3 is 4.74 Å². The summed E-state index contributed by atoms with van der Waals surface area (Å²) in [7, 11) is 0. The molecule has 0 aromatic heterocycles. The van der Waals surface area contributed by atoms with Crippen LogP contribution in [0.15, 0.2) is 48.5 Å². The Labute approximate surface area is 131 Å². The Hall–Kier alpha value is -2.66. The second-order valence-electron chi connectivity index (χ2n) is 4.52. The number of carbonyl (C=O) groups excluding carboxylic acids is 1. The second kappa shape index (κ2) is 6.87. The molecule has 0 aliphatic heterocycles. The molecular weight excluding hydrogens is 306 g/mol. The lowest BCUT2D eigenvalue weighted by molar-refractivity contribution is -0.384. The average molecular weight is 318 g/mol. The third-order valence-corrected chi connectivity index (χ3v) is 3.26. The Morgan fingerprint density at radius 3 is 2.73 bits per heavy atom.